The van der Waals surface area contributed by atoms with E-state index in [0.29, 0.717) is 47.5 Å². The predicted molar refractivity (Wildman–Crippen MR) is 276 cm³/mol. The number of phenols is 1. The van der Waals surface area contributed by atoms with Crippen molar-refractivity contribution < 1.29 is 33.0 Å². The number of phenolic OH excluding ortho intramolecular Hbond substituents is 1. The van der Waals surface area contributed by atoms with Gasteiger partial charge in [-0.05, 0) is 106 Å². The summed E-state index contributed by atoms with van der Waals surface area (Å²) in [7, 11) is 3.80. The van der Waals surface area contributed by atoms with E-state index in [1.54, 1.807) is 17.8 Å². The number of imide groups is 1. The molecular weight excluding hydrogens is 949 g/mol. The molecule has 12 rings (SSSR count). The molecular formula is C55H61F2N11O6. The van der Waals surface area contributed by atoms with Crippen LogP contribution in [0.5, 0.6) is 11.8 Å². The van der Waals surface area contributed by atoms with Crippen LogP contribution < -0.4 is 30.9 Å². The lowest BCUT2D eigenvalue weighted by Gasteiger charge is -2.38. The maximum Gasteiger partial charge on any atom is 0.329 e. The monoisotopic (exact) mass is 1010 g/mol. The van der Waals surface area contributed by atoms with Gasteiger partial charge < -0.3 is 34.6 Å². The Hall–Kier alpha value is -6.72. The first-order valence-electron chi connectivity index (χ1n) is 26.2. The number of piperazine rings is 1. The molecule has 0 radical (unpaired) electrons. The predicted octanol–water partition coefficient (Wildman–Crippen LogP) is 5.23. The highest BCUT2D eigenvalue weighted by Gasteiger charge is 2.37. The molecule has 5 atom stereocenters. The minimum absolute atomic E-state index is 0.0134. The summed E-state index contributed by atoms with van der Waals surface area (Å²) in [5, 5.41) is 17.9. The molecule has 74 heavy (non-hydrogen) atoms. The molecule has 386 valence electrons. The third-order valence-corrected chi connectivity index (χ3v) is 16.7. The zero-order chi connectivity index (χ0) is 50.9. The number of carbonyl (C=O) groups excluding carboxylic acids is 2. The van der Waals surface area contributed by atoms with Crippen molar-refractivity contribution in [3.63, 3.8) is 0 Å². The van der Waals surface area contributed by atoms with Gasteiger partial charge in [0.05, 0.1) is 34.2 Å². The Bertz CT molecular complexity index is 3290. The Labute approximate surface area is 426 Å². The topological polar surface area (TPSA) is 175 Å². The number of aromatic hydroxyl groups is 1. The first-order chi connectivity index (χ1) is 35.8. The van der Waals surface area contributed by atoms with E-state index >= 15 is 8.78 Å². The minimum atomic E-state index is -0.750. The number of amides is 2. The lowest BCUT2D eigenvalue weighted by atomic mass is 9.94. The molecule has 6 aliphatic heterocycles. The number of anilines is 2. The van der Waals surface area contributed by atoms with E-state index in [4.69, 9.17) is 20.9 Å². The summed E-state index contributed by atoms with van der Waals surface area (Å²) in [5.74, 6) is 1.28. The Morgan fingerprint density at radius 2 is 1.65 bits per heavy atom. The largest absolute Gasteiger partial charge is 0.508 e. The van der Waals surface area contributed by atoms with Crippen molar-refractivity contribution in [2.75, 3.05) is 75.8 Å². The van der Waals surface area contributed by atoms with Gasteiger partial charge in [-0.2, -0.15) is 9.97 Å². The Kier molecular flexibility index (Phi) is 12.7. The molecule has 6 aromatic rings. The van der Waals surface area contributed by atoms with Crippen molar-refractivity contribution in [2.45, 2.75) is 94.2 Å². The Balaban J connectivity index is 0.667. The fraction of sp³-hybridized carbons (Fsp3) is 0.491. The number of fused-ring (bicyclic) bond motifs is 5. The number of hydrogen-bond acceptors (Lipinski definition) is 14. The van der Waals surface area contributed by atoms with Crippen LogP contribution in [0.3, 0.4) is 0 Å². The first kappa shape index (κ1) is 48.2. The van der Waals surface area contributed by atoms with Crippen LogP contribution in [0.25, 0.3) is 44.0 Å². The van der Waals surface area contributed by atoms with E-state index in [9.17, 15) is 19.5 Å². The van der Waals surface area contributed by atoms with E-state index < -0.39 is 23.6 Å². The van der Waals surface area contributed by atoms with Crippen LogP contribution in [0.15, 0.2) is 53.5 Å². The molecule has 3 N–H and O–H groups in total. The molecule has 3 unspecified atom stereocenters. The molecule has 2 amide bonds. The van der Waals surface area contributed by atoms with Crippen LogP contribution in [-0.2, 0) is 21.4 Å². The van der Waals surface area contributed by atoms with Gasteiger partial charge in [-0.3, -0.25) is 33.9 Å². The molecule has 0 saturated carbocycles. The fourth-order valence-electron chi connectivity index (χ4n) is 12.7. The molecule has 19 heteroatoms. The van der Waals surface area contributed by atoms with Crippen LogP contribution in [-0.4, -0.2) is 147 Å². The summed E-state index contributed by atoms with van der Waals surface area (Å²) >= 11 is 0. The Morgan fingerprint density at radius 3 is 2.41 bits per heavy atom. The van der Waals surface area contributed by atoms with Gasteiger partial charge in [-0.25, -0.2) is 13.6 Å². The van der Waals surface area contributed by atoms with Gasteiger partial charge in [0.2, 0.25) is 11.8 Å². The van der Waals surface area contributed by atoms with E-state index in [0.717, 1.165) is 95.4 Å². The highest BCUT2D eigenvalue weighted by Crippen LogP contribution is 2.40. The number of likely N-dealkylation sites (tertiary alicyclic amines) is 2. The van der Waals surface area contributed by atoms with Gasteiger partial charge in [-0.1, -0.05) is 12.0 Å². The lowest BCUT2D eigenvalue weighted by Crippen LogP contribution is -2.51. The number of imidazole rings is 1. The van der Waals surface area contributed by atoms with E-state index in [1.807, 2.05) is 18.2 Å². The number of nitrogens with one attached hydrogen (secondary N) is 2. The maximum atomic E-state index is 17.1. The molecule has 17 nitrogen and oxygen atoms in total. The smallest absolute Gasteiger partial charge is 0.329 e. The SMILES string of the molecule is C#Cc1c(F)ccc2cc(O)cc(-c3ncc4c(N5CC6CCC(C5)N6)nc(OC[C@@H]5C[C@@H](OC6CCN(CC7CCN(c8ccc9c(c8)n(C)c(=O)n9C8CCC(=O)NC8=O)CC7)CC6)CN5C)nc4c3F)c12. The molecule has 0 aliphatic carbocycles. The molecule has 0 spiro atoms. The number of aryl methyl sites for hydroxylation is 1. The van der Waals surface area contributed by atoms with Gasteiger partial charge in [-0.15, -0.1) is 6.42 Å². The number of rotatable bonds is 11. The third-order valence-electron chi connectivity index (χ3n) is 16.7. The third kappa shape index (κ3) is 8.98. The average molecular weight is 1010 g/mol. The number of terminal acetylenes is 1. The quantitative estimate of drug-likeness (QED) is 0.114. The van der Waals surface area contributed by atoms with Crippen molar-refractivity contribution in [3.8, 4) is 35.4 Å². The number of nitrogens with zero attached hydrogens (tertiary/aromatic N) is 9. The highest BCUT2D eigenvalue weighted by molar-refractivity contribution is 6.03. The zero-order valence-corrected chi connectivity index (χ0v) is 41.7. The van der Waals surface area contributed by atoms with Gasteiger partial charge in [0.15, 0.2) is 5.82 Å². The van der Waals surface area contributed by atoms with Crippen LogP contribution in [0.4, 0.5) is 20.3 Å². The number of hydrogen-bond donors (Lipinski definition) is 3. The average Bonchev–Trinajstić information content (AvgIpc) is 4.02. The molecule has 2 bridgehead atoms. The molecule has 3 aromatic heterocycles. The summed E-state index contributed by atoms with van der Waals surface area (Å²) in [4.78, 5) is 61.3. The van der Waals surface area contributed by atoms with E-state index in [-0.39, 0.29) is 94.4 Å². The van der Waals surface area contributed by atoms with E-state index in [2.05, 4.69) is 53.2 Å². The summed E-state index contributed by atoms with van der Waals surface area (Å²) in [6, 6.07) is 11.5. The Morgan fingerprint density at radius 1 is 0.865 bits per heavy atom. The van der Waals surface area contributed by atoms with Crippen LogP contribution in [0.1, 0.15) is 69.4 Å². The van der Waals surface area contributed by atoms with Crippen molar-refractivity contribution in [3.05, 3.63) is 76.3 Å². The van der Waals surface area contributed by atoms with Gasteiger partial charge in [0.25, 0.3) is 0 Å². The number of halogens is 2. The second-order valence-electron chi connectivity index (χ2n) is 21.4. The molecule has 6 fully saturated rings. The van der Waals surface area contributed by atoms with Crippen molar-refractivity contribution in [2.24, 2.45) is 13.0 Å². The van der Waals surface area contributed by atoms with Crippen molar-refractivity contribution >= 4 is 56.0 Å². The number of likely N-dealkylation sites (N-methyl/N-ethyl adjacent to an activating group) is 1. The maximum absolute atomic E-state index is 17.1. The first-order valence-corrected chi connectivity index (χ1v) is 26.2. The van der Waals surface area contributed by atoms with Gasteiger partial charge in [0, 0.05) is 107 Å². The lowest BCUT2D eigenvalue weighted by molar-refractivity contribution is -0.135. The van der Waals surface area contributed by atoms with Gasteiger partial charge >= 0.3 is 11.7 Å². The molecule has 9 heterocycles. The number of carbonyl (C=O) groups is 2. The highest BCUT2D eigenvalue weighted by atomic mass is 19.1. The molecule has 6 aliphatic rings. The van der Waals surface area contributed by atoms with Crippen LogP contribution in [0.2, 0.25) is 0 Å². The van der Waals surface area contributed by atoms with Gasteiger partial charge in [0.1, 0.15) is 41.2 Å². The fourth-order valence-corrected chi connectivity index (χ4v) is 12.7. The van der Waals surface area contributed by atoms with Crippen molar-refractivity contribution in [1.29, 1.82) is 0 Å². The minimum Gasteiger partial charge on any atom is -0.508 e. The van der Waals surface area contributed by atoms with Crippen LogP contribution in [0, 0.1) is 29.9 Å². The second-order valence-corrected chi connectivity index (χ2v) is 21.4. The summed E-state index contributed by atoms with van der Waals surface area (Å²) in [6.07, 6.45) is 15.0. The number of pyridine rings is 1. The number of ether oxygens (including phenoxy) is 2. The standard InChI is InChI=1S/C55H61F2N11O6/c1-4-40-43(56)9-5-32-21-37(69)24-41(48(32)40)50-49(57)51-42(25-58-50)52(67-27-33-6-7-34(28-67)59-33)62-54(61-51)73-30-36-22-39(29-63(36)2)74-38-15-17-65(18-16-38)26-31-13-19-66(20-14-31)35-8-10-44-46(23-35)64(3)55(72)68(44)45-11-12-47(70)60-53(45)71/h1,5,8-10,21,23-25,31,33-34,36,38-39,45,59,69H,6-7,11-20,22,26-30H2,2-3H3,(H,60,70,71)/t33?,34?,36-,39+,45?/m0/s1. The molecule has 6 saturated heterocycles. The van der Waals surface area contributed by atoms with Crippen LogP contribution >= 0.6 is 0 Å². The van der Waals surface area contributed by atoms with E-state index in [1.165, 1.54) is 28.8 Å². The number of aromatic nitrogens is 5. The summed E-state index contributed by atoms with van der Waals surface area (Å²) in [5.41, 5.74) is 2.27. The summed E-state index contributed by atoms with van der Waals surface area (Å²) < 4.78 is 48.5. The second kappa shape index (κ2) is 19.5. The normalized spacial score (nSPS) is 24.4. The summed E-state index contributed by atoms with van der Waals surface area (Å²) in [6.45, 7) is 7.30. The number of piperidine rings is 3. The van der Waals surface area contributed by atoms with Crippen molar-refractivity contribution in [1.82, 2.24) is 44.5 Å². The number of benzene rings is 3. The zero-order valence-electron chi connectivity index (χ0n) is 41.7. The molecule has 3 aromatic carbocycles.